The fourth-order valence-corrected chi connectivity index (χ4v) is 7.32. The molecule has 1 amide bonds. The lowest BCUT2D eigenvalue weighted by Gasteiger charge is -2.57. The molecule has 2 heterocycles. The van der Waals surface area contributed by atoms with Gasteiger partial charge in [0.05, 0.1) is 11.1 Å². The molecule has 0 aromatic carbocycles. The van der Waals surface area contributed by atoms with Gasteiger partial charge in [-0.25, -0.2) is 0 Å². The number of hydrogen-bond donors (Lipinski definition) is 0. The Labute approximate surface area is 161 Å². The summed E-state index contributed by atoms with van der Waals surface area (Å²) in [6.07, 6.45) is 11.2. The Morgan fingerprint density at radius 1 is 0.926 bits per heavy atom. The Morgan fingerprint density at radius 2 is 1.59 bits per heavy atom. The molecule has 0 unspecified atom stereocenters. The molecule has 6 aliphatic rings. The maximum atomic E-state index is 13.5. The lowest BCUT2D eigenvalue weighted by molar-refractivity contribution is -0.158. The molecule has 7 rings (SSSR count). The zero-order chi connectivity index (χ0) is 18.0. The summed E-state index contributed by atoms with van der Waals surface area (Å²) >= 11 is 0. The van der Waals surface area contributed by atoms with Crippen LogP contribution in [0.1, 0.15) is 56.2 Å². The number of fused-ring (bicyclic) bond motifs is 1. The van der Waals surface area contributed by atoms with Crippen molar-refractivity contribution in [2.75, 3.05) is 31.1 Å². The van der Waals surface area contributed by atoms with Crippen LogP contribution in [0.25, 0.3) is 0 Å². The van der Waals surface area contributed by atoms with Crippen LogP contribution in [0, 0.1) is 23.2 Å². The molecule has 0 spiro atoms. The lowest BCUT2D eigenvalue weighted by Crippen LogP contribution is -2.58. The van der Waals surface area contributed by atoms with Gasteiger partial charge in [-0.2, -0.15) is 5.10 Å². The van der Waals surface area contributed by atoms with Gasteiger partial charge in [-0.05, 0) is 87.2 Å². The number of nitrogens with zero attached hydrogens (tertiary/aromatic N) is 4. The molecule has 1 aliphatic heterocycles. The molecule has 4 bridgehead atoms. The monoisotopic (exact) mass is 366 g/mol. The van der Waals surface area contributed by atoms with Gasteiger partial charge in [0.1, 0.15) is 0 Å². The van der Waals surface area contributed by atoms with Gasteiger partial charge in [-0.1, -0.05) is 0 Å². The highest BCUT2D eigenvalue weighted by Gasteiger charge is 2.55. The first-order valence-corrected chi connectivity index (χ1v) is 11.1. The maximum Gasteiger partial charge on any atom is 0.228 e. The van der Waals surface area contributed by atoms with Crippen LogP contribution in [-0.2, 0) is 17.6 Å². The van der Waals surface area contributed by atoms with Crippen LogP contribution in [0.5, 0.6) is 0 Å². The van der Waals surface area contributed by atoms with Gasteiger partial charge in [0.15, 0.2) is 5.82 Å². The highest BCUT2D eigenvalue weighted by atomic mass is 16.2. The predicted octanol–water partition coefficient (Wildman–Crippen LogP) is 2.83. The Kier molecular flexibility index (Phi) is 3.58. The molecule has 4 saturated carbocycles. The van der Waals surface area contributed by atoms with Gasteiger partial charge in [0.25, 0.3) is 0 Å². The smallest absolute Gasteiger partial charge is 0.228 e. The van der Waals surface area contributed by atoms with E-state index in [-0.39, 0.29) is 5.41 Å². The molecule has 5 nitrogen and oxygen atoms in total. The van der Waals surface area contributed by atoms with Crippen LogP contribution in [0.2, 0.25) is 0 Å². The number of amides is 1. The third-order valence-corrected chi connectivity index (χ3v) is 8.19. The number of carbonyl (C=O) groups excluding carboxylic acids is 1. The van der Waals surface area contributed by atoms with Crippen molar-refractivity contribution in [3.63, 3.8) is 0 Å². The number of anilines is 1. The predicted molar refractivity (Wildman–Crippen MR) is 103 cm³/mol. The van der Waals surface area contributed by atoms with Crippen molar-refractivity contribution < 1.29 is 4.79 Å². The van der Waals surface area contributed by atoms with E-state index in [9.17, 15) is 4.79 Å². The van der Waals surface area contributed by atoms with E-state index in [1.807, 2.05) is 0 Å². The van der Waals surface area contributed by atoms with E-state index < -0.39 is 0 Å². The van der Waals surface area contributed by atoms with E-state index >= 15 is 0 Å². The van der Waals surface area contributed by atoms with Gasteiger partial charge in [0.2, 0.25) is 5.91 Å². The Balaban J connectivity index is 1.14. The molecule has 0 atom stereocenters. The standard InChI is InChI=1S/C22H30N4O/c27-21(22-12-15-8-16(13-22)10-17(9-15)14-22)26-6-4-25(5-7-26)20-11-18-2-1-3-19(18)23-24-20/h11,15-17H,1-10,12-14H2. The number of piperazine rings is 1. The SMILES string of the molecule is O=C(N1CCN(c2cc3c(nn2)CCC3)CC1)C12CC3CC(CC(C3)C1)C2. The lowest BCUT2D eigenvalue weighted by atomic mass is 9.49. The third-order valence-electron chi connectivity index (χ3n) is 8.19. The topological polar surface area (TPSA) is 49.3 Å². The fourth-order valence-electron chi connectivity index (χ4n) is 7.32. The molecular weight excluding hydrogens is 336 g/mol. The fraction of sp³-hybridized carbons (Fsp3) is 0.773. The molecule has 0 radical (unpaired) electrons. The van der Waals surface area contributed by atoms with Gasteiger partial charge < -0.3 is 9.80 Å². The van der Waals surface area contributed by atoms with Crippen molar-refractivity contribution in [1.29, 1.82) is 0 Å². The number of carbonyl (C=O) groups is 1. The summed E-state index contributed by atoms with van der Waals surface area (Å²) in [5, 5.41) is 8.91. The van der Waals surface area contributed by atoms with Crippen LogP contribution in [0.15, 0.2) is 6.07 Å². The first-order chi connectivity index (χ1) is 13.2. The third kappa shape index (κ3) is 2.60. The first kappa shape index (κ1) is 16.3. The van der Waals surface area contributed by atoms with Crippen LogP contribution in [0.4, 0.5) is 5.82 Å². The van der Waals surface area contributed by atoms with Crippen LogP contribution in [0.3, 0.4) is 0 Å². The van der Waals surface area contributed by atoms with Crippen LogP contribution < -0.4 is 4.90 Å². The van der Waals surface area contributed by atoms with Crippen molar-refractivity contribution in [2.45, 2.75) is 57.8 Å². The number of aromatic nitrogens is 2. The van der Waals surface area contributed by atoms with E-state index in [2.05, 4.69) is 26.1 Å². The average molecular weight is 367 g/mol. The normalized spacial score (nSPS) is 37.0. The first-order valence-electron chi connectivity index (χ1n) is 11.1. The Hall–Kier alpha value is -1.65. The largest absolute Gasteiger partial charge is 0.352 e. The van der Waals surface area contributed by atoms with Crippen molar-refractivity contribution in [1.82, 2.24) is 15.1 Å². The quantitative estimate of drug-likeness (QED) is 0.808. The van der Waals surface area contributed by atoms with Crippen molar-refractivity contribution in [2.24, 2.45) is 23.2 Å². The van der Waals surface area contributed by atoms with Crippen LogP contribution in [-0.4, -0.2) is 47.2 Å². The zero-order valence-corrected chi connectivity index (χ0v) is 16.2. The minimum atomic E-state index is 0.00426. The minimum Gasteiger partial charge on any atom is -0.352 e. The molecule has 1 aromatic heterocycles. The average Bonchev–Trinajstić information content (AvgIpc) is 3.14. The summed E-state index contributed by atoms with van der Waals surface area (Å²) in [6.45, 7) is 3.48. The summed E-state index contributed by atoms with van der Waals surface area (Å²) in [5.41, 5.74) is 2.58. The molecule has 1 aromatic rings. The van der Waals surface area contributed by atoms with Crippen molar-refractivity contribution in [3.8, 4) is 0 Å². The summed E-state index contributed by atoms with van der Waals surface area (Å²) in [4.78, 5) is 18.0. The van der Waals surface area contributed by atoms with Gasteiger partial charge >= 0.3 is 0 Å². The van der Waals surface area contributed by atoms with E-state index in [4.69, 9.17) is 0 Å². The van der Waals surface area contributed by atoms with Crippen molar-refractivity contribution >= 4 is 11.7 Å². The summed E-state index contributed by atoms with van der Waals surface area (Å²) in [6, 6.07) is 2.24. The zero-order valence-electron chi connectivity index (χ0n) is 16.2. The highest BCUT2D eigenvalue weighted by molar-refractivity contribution is 5.83. The minimum absolute atomic E-state index is 0.00426. The number of rotatable bonds is 2. The summed E-state index contributed by atoms with van der Waals surface area (Å²) < 4.78 is 0. The molecule has 1 saturated heterocycles. The van der Waals surface area contributed by atoms with Gasteiger partial charge in [-0.15, -0.1) is 5.10 Å². The van der Waals surface area contributed by atoms with Crippen LogP contribution >= 0.6 is 0 Å². The molecule has 144 valence electrons. The van der Waals surface area contributed by atoms with E-state index in [0.29, 0.717) is 5.91 Å². The molecule has 5 aliphatic carbocycles. The number of hydrogen-bond acceptors (Lipinski definition) is 4. The van der Waals surface area contributed by atoms with E-state index in [0.717, 1.165) is 62.6 Å². The molecular formula is C22H30N4O. The van der Waals surface area contributed by atoms with Crippen molar-refractivity contribution in [3.05, 3.63) is 17.3 Å². The second kappa shape index (κ2) is 5.92. The van der Waals surface area contributed by atoms with Gasteiger partial charge in [0, 0.05) is 26.2 Å². The second-order valence-corrected chi connectivity index (χ2v) is 10.0. The molecule has 27 heavy (non-hydrogen) atoms. The molecule has 0 N–H and O–H groups in total. The second-order valence-electron chi connectivity index (χ2n) is 10.0. The summed E-state index contributed by atoms with van der Waals surface area (Å²) in [5.74, 6) is 4.01. The van der Waals surface area contributed by atoms with Gasteiger partial charge in [-0.3, -0.25) is 4.79 Å². The van der Waals surface area contributed by atoms with E-state index in [1.165, 1.54) is 56.2 Å². The number of aryl methyl sites for hydroxylation is 2. The Bertz CT molecular complexity index is 732. The highest BCUT2D eigenvalue weighted by Crippen LogP contribution is 2.60. The molecule has 5 fully saturated rings. The maximum absolute atomic E-state index is 13.5. The molecule has 5 heteroatoms. The Morgan fingerprint density at radius 3 is 2.26 bits per heavy atom. The summed E-state index contributed by atoms with van der Waals surface area (Å²) in [7, 11) is 0. The van der Waals surface area contributed by atoms with E-state index in [1.54, 1.807) is 0 Å².